The highest BCUT2D eigenvalue weighted by atomic mass is 35.5. The number of aliphatic hydroxyl groups excluding tert-OH is 1. The first-order valence-electron chi connectivity index (χ1n) is 7.21. The zero-order valence-electron chi connectivity index (χ0n) is 12.5. The Morgan fingerprint density at radius 3 is 2.59 bits per heavy atom. The molecule has 1 aliphatic rings. The van der Waals surface area contributed by atoms with E-state index in [-0.39, 0.29) is 25.2 Å². The van der Waals surface area contributed by atoms with E-state index in [4.69, 9.17) is 33.0 Å². The third-order valence-corrected chi connectivity index (χ3v) is 4.14. The first kappa shape index (κ1) is 17.3. The molecular weight excluding hydrogens is 327 g/mol. The third-order valence-electron chi connectivity index (χ3n) is 3.70. The van der Waals surface area contributed by atoms with Crippen LogP contribution in [0.5, 0.6) is 5.75 Å². The van der Waals surface area contributed by atoms with E-state index in [1.165, 1.54) is 0 Å². The van der Waals surface area contributed by atoms with Gasteiger partial charge in [-0.1, -0.05) is 23.2 Å². The standard InChI is InChI=1S/C15H20Cl2N2O3/c1-11-9-19(3-2-18(11)4-5-20)15(21)10-22-14-7-12(16)6-13(17)8-14/h6-8,11,20H,2-5,9-10H2,1H3. The molecular formula is C15H20Cl2N2O3. The summed E-state index contributed by atoms with van der Waals surface area (Å²) >= 11 is 11.8. The van der Waals surface area contributed by atoms with Gasteiger partial charge in [-0.2, -0.15) is 0 Å². The average molecular weight is 347 g/mol. The highest BCUT2D eigenvalue weighted by Crippen LogP contribution is 2.24. The molecule has 22 heavy (non-hydrogen) atoms. The number of carbonyl (C=O) groups is 1. The summed E-state index contributed by atoms with van der Waals surface area (Å²) in [5.41, 5.74) is 0. The van der Waals surface area contributed by atoms with Crippen LogP contribution in [-0.4, -0.2) is 66.2 Å². The molecule has 122 valence electrons. The van der Waals surface area contributed by atoms with E-state index in [1.54, 1.807) is 23.1 Å². The fourth-order valence-corrected chi connectivity index (χ4v) is 3.04. The molecule has 0 radical (unpaired) electrons. The first-order valence-corrected chi connectivity index (χ1v) is 7.96. The summed E-state index contributed by atoms with van der Waals surface area (Å²) in [4.78, 5) is 16.2. The number of ether oxygens (including phenoxy) is 1. The van der Waals surface area contributed by atoms with Crippen LogP contribution in [0.3, 0.4) is 0 Å². The molecule has 0 bridgehead atoms. The van der Waals surface area contributed by atoms with Gasteiger partial charge in [0, 0.05) is 42.3 Å². The molecule has 1 atom stereocenters. The number of β-amino-alcohol motifs (C(OH)–C–C–N with tert-alkyl or cyclic N) is 1. The van der Waals surface area contributed by atoms with Crippen LogP contribution in [0, 0.1) is 0 Å². The van der Waals surface area contributed by atoms with Crippen LogP contribution >= 0.6 is 23.2 Å². The van der Waals surface area contributed by atoms with Crippen LogP contribution in [0.4, 0.5) is 0 Å². The topological polar surface area (TPSA) is 53.0 Å². The molecule has 1 fully saturated rings. The summed E-state index contributed by atoms with van der Waals surface area (Å²) in [6, 6.07) is 5.09. The fourth-order valence-electron chi connectivity index (χ4n) is 2.53. The lowest BCUT2D eigenvalue weighted by molar-refractivity contribution is -0.136. The number of aliphatic hydroxyl groups is 1. The second-order valence-corrected chi connectivity index (χ2v) is 6.22. The molecule has 5 nitrogen and oxygen atoms in total. The van der Waals surface area contributed by atoms with Crippen molar-refractivity contribution in [3.05, 3.63) is 28.2 Å². The quantitative estimate of drug-likeness (QED) is 0.884. The Kier molecular flexibility index (Phi) is 6.32. The van der Waals surface area contributed by atoms with Gasteiger partial charge in [-0.3, -0.25) is 9.69 Å². The Labute approximate surface area is 140 Å². The molecule has 0 aromatic heterocycles. The molecule has 0 saturated carbocycles. The van der Waals surface area contributed by atoms with Gasteiger partial charge in [0.15, 0.2) is 6.61 Å². The van der Waals surface area contributed by atoms with Crippen molar-refractivity contribution in [3.63, 3.8) is 0 Å². The molecule has 2 rings (SSSR count). The minimum atomic E-state index is -0.0633. The maximum absolute atomic E-state index is 12.2. The second-order valence-electron chi connectivity index (χ2n) is 5.34. The maximum atomic E-state index is 12.2. The van der Waals surface area contributed by atoms with Gasteiger partial charge in [-0.25, -0.2) is 0 Å². The van der Waals surface area contributed by atoms with Crippen LogP contribution in [0.15, 0.2) is 18.2 Å². The Morgan fingerprint density at radius 2 is 2.00 bits per heavy atom. The van der Waals surface area contributed by atoms with E-state index in [0.29, 0.717) is 35.4 Å². The Balaban J connectivity index is 1.85. The summed E-state index contributed by atoms with van der Waals surface area (Å²) in [5.74, 6) is 0.421. The number of rotatable bonds is 5. The van der Waals surface area contributed by atoms with E-state index in [0.717, 1.165) is 6.54 Å². The van der Waals surface area contributed by atoms with Crippen molar-refractivity contribution in [1.82, 2.24) is 9.80 Å². The van der Waals surface area contributed by atoms with E-state index in [1.807, 2.05) is 6.92 Å². The number of benzene rings is 1. The van der Waals surface area contributed by atoms with E-state index >= 15 is 0 Å². The molecule has 1 amide bonds. The smallest absolute Gasteiger partial charge is 0.260 e. The van der Waals surface area contributed by atoms with Gasteiger partial charge in [-0.15, -0.1) is 0 Å². The fraction of sp³-hybridized carbons (Fsp3) is 0.533. The van der Waals surface area contributed by atoms with Crippen LogP contribution in [0.25, 0.3) is 0 Å². The summed E-state index contributed by atoms with van der Waals surface area (Å²) in [6.07, 6.45) is 0. The van der Waals surface area contributed by atoms with E-state index in [9.17, 15) is 4.79 Å². The van der Waals surface area contributed by atoms with Gasteiger partial charge < -0.3 is 14.7 Å². The lowest BCUT2D eigenvalue weighted by atomic mass is 10.2. The monoisotopic (exact) mass is 346 g/mol. The summed E-state index contributed by atoms with van der Waals surface area (Å²) in [6.45, 7) is 4.82. The summed E-state index contributed by atoms with van der Waals surface area (Å²) in [7, 11) is 0. The van der Waals surface area contributed by atoms with Gasteiger partial charge in [0.1, 0.15) is 5.75 Å². The largest absolute Gasteiger partial charge is 0.484 e. The van der Waals surface area contributed by atoms with E-state index < -0.39 is 0 Å². The Morgan fingerprint density at radius 1 is 1.32 bits per heavy atom. The highest BCUT2D eigenvalue weighted by molar-refractivity contribution is 6.34. The minimum absolute atomic E-state index is 0.0383. The molecule has 0 spiro atoms. The second kappa shape index (κ2) is 8.02. The van der Waals surface area contributed by atoms with Crippen LogP contribution < -0.4 is 4.74 Å². The lowest BCUT2D eigenvalue weighted by Gasteiger charge is -2.39. The van der Waals surface area contributed by atoms with Crippen LogP contribution in [0.2, 0.25) is 10.0 Å². The zero-order valence-corrected chi connectivity index (χ0v) is 14.0. The van der Waals surface area contributed by atoms with Crippen molar-refractivity contribution in [3.8, 4) is 5.75 Å². The molecule has 1 aromatic rings. The van der Waals surface area contributed by atoms with Crippen molar-refractivity contribution >= 4 is 29.1 Å². The van der Waals surface area contributed by atoms with Crippen molar-refractivity contribution in [2.45, 2.75) is 13.0 Å². The zero-order chi connectivity index (χ0) is 16.1. The number of piperazine rings is 1. The Bertz CT molecular complexity index is 507. The van der Waals surface area contributed by atoms with Gasteiger partial charge in [0.25, 0.3) is 5.91 Å². The van der Waals surface area contributed by atoms with Gasteiger partial charge in [-0.05, 0) is 25.1 Å². The predicted octanol–water partition coefficient (Wildman–Crippen LogP) is 1.90. The normalized spacial score (nSPS) is 19.3. The van der Waals surface area contributed by atoms with Crippen LogP contribution in [-0.2, 0) is 4.79 Å². The molecule has 1 aromatic carbocycles. The molecule has 1 aliphatic heterocycles. The molecule has 1 saturated heterocycles. The van der Waals surface area contributed by atoms with E-state index in [2.05, 4.69) is 4.90 Å². The number of nitrogens with zero attached hydrogens (tertiary/aromatic N) is 2. The minimum Gasteiger partial charge on any atom is -0.484 e. The number of hydrogen-bond acceptors (Lipinski definition) is 4. The molecule has 1 unspecified atom stereocenters. The highest BCUT2D eigenvalue weighted by Gasteiger charge is 2.26. The molecule has 7 heteroatoms. The number of amides is 1. The van der Waals surface area contributed by atoms with Gasteiger partial charge >= 0.3 is 0 Å². The van der Waals surface area contributed by atoms with Crippen molar-refractivity contribution < 1.29 is 14.6 Å². The van der Waals surface area contributed by atoms with Crippen molar-refractivity contribution in [2.75, 3.05) is 39.4 Å². The first-order chi connectivity index (χ1) is 10.5. The van der Waals surface area contributed by atoms with Crippen molar-refractivity contribution in [2.24, 2.45) is 0 Å². The van der Waals surface area contributed by atoms with Crippen molar-refractivity contribution in [1.29, 1.82) is 0 Å². The summed E-state index contributed by atoms with van der Waals surface area (Å²) in [5, 5.41) is 9.95. The maximum Gasteiger partial charge on any atom is 0.260 e. The number of carbonyl (C=O) groups excluding carboxylic acids is 1. The molecule has 1 heterocycles. The number of hydrogen-bond donors (Lipinski definition) is 1. The molecule has 0 aliphatic carbocycles. The summed E-state index contributed by atoms with van der Waals surface area (Å²) < 4.78 is 5.48. The van der Waals surface area contributed by atoms with Crippen LogP contribution in [0.1, 0.15) is 6.92 Å². The lowest BCUT2D eigenvalue weighted by Crippen LogP contribution is -2.55. The number of halogens is 2. The van der Waals surface area contributed by atoms with Gasteiger partial charge in [0.05, 0.1) is 6.61 Å². The third kappa shape index (κ3) is 4.74. The average Bonchev–Trinajstić information content (AvgIpc) is 2.46. The molecule has 1 N–H and O–H groups in total. The Hall–Kier alpha value is -1.01. The predicted molar refractivity (Wildman–Crippen MR) is 86.7 cm³/mol. The van der Waals surface area contributed by atoms with Gasteiger partial charge in [0.2, 0.25) is 0 Å². The SMILES string of the molecule is CC1CN(C(=O)COc2cc(Cl)cc(Cl)c2)CCN1CCO.